The predicted octanol–water partition coefficient (Wildman–Crippen LogP) is 1.62. The number of para-hydroxylation sites is 1. The Labute approximate surface area is 173 Å². The Balaban J connectivity index is 1.24. The first kappa shape index (κ1) is 20.5. The molecule has 8 heteroatoms. The Morgan fingerprint density at radius 3 is 2.53 bits per heavy atom. The number of aliphatic hydroxyl groups excluding tert-OH is 1. The van der Waals surface area contributed by atoms with Gasteiger partial charge >= 0.3 is 0 Å². The van der Waals surface area contributed by atoms with Crippen molar-refractivity contribution in [3.05, 3.63) is 70.5 Å². The van der Waals surface area contributed by atoms with Gasteiger partial charge in [-0.25, -0.2) is 9.37 Å². The van der Waals surface area contributed by atoms with E-state index in [1.807, 2.05) is 18.2 Å². The van der Waals surface area contributed by atoms with Gasteiger partial charge in [0, 0.05) is 32.7 Å². The lowest BCUT2D eigenvalue weighted by atomic mass is 10.2. The molecule has 1 fully saturated rings. The van der Waals surface area contributed by atoms with Crippen LogP contribution in [0.1, 0.15) is 5.82 Å². The molecule has 1 unspecified atom stereocenters. The van der Waals surface area contributed by atoms with Gasteiger partial charge in [-0.3, -0.25) is 14.6 Å². The van der Waals surface area contributed by atoms with E-state index in [2.05, 4.69) is 19.8 Å². The van der Waals surface area contributed by atoms with Crippen molar-refractivity contribution in [2.24, 2.45) is 0 Å². The fraction of sp³-hybridized carbons (Fsp3) is 0.364. The topological polar surface area (TPSA) is 81.7 Å². The van der Waals surface area contributed by atoms with E-state index in [1.165, 1.54) is 12.1 Å². The van der Waals surface area contributed by atoms with Crippen LogP contribution in [0.15, 0.2) is 53.3 Å². The summed E-state index contributed by atoms with van der Waals surface area (Å²) < 4.78 is 18.4. The minimum atomic E-state index is -0.625. The zero-order chi connectivity index (χ0) is 20.9. The number of aromatic amines is 1. The summed E-state index contributed by atoms with van der Waals surface area (Å²) in [5.41, 5.74) is 0.595. The highest BCUT2D eigenvalue weighted by Crippen LogP contribution is 2.12. The maximum absolute atomic E-state index is 12.9. The van der Waals surface area contributed by atoms with Gasteiger partial charge in [-0.15, -0.1) is 0 Å². The highest BCUT2D eigenvalue weighted by molar-refractivity contribution is 5.77. The number of β-amino-alcohol motifs (C(OH)–C–C–N with tert-alkyl or cyclic N) is 1. The second-order valence-electron chi connectivity index (χ2n) is 7.53. The number of hydrogen-bond acceptors (Lipinski definition) is 6. The number of aromatic nitrogens is 2. The molecule has 0 radical (unpaired) electrons. The fourth-order valence-corrected chi connectivity index (χ4v) is 3.63. The summed E-state index contributed by atoms with van der Waals surface area (Å²) in [5.74, 6) is 0.890. The van der Waals surface area contributed by atoms with Crippen LogP contribution in [-0.4, -0.2) is 70.3 Å². The van der Waals surface area contributed by atoms with Crippen LogP contribution in [-0.2, 0) is 6.54 Å². The van der Waals surface area contributed by atoms with Crippen molar-refractivity contribution in [3.63, 3.8) is 0 Å². The molecule has 0 spiro atoms. The number of ether oxygens (including phenoxy) is 1. The van der Waals surface area contributed by atoms with Gasteiger partial charge in [0.25, 0.3) is 5.56 Å². The highest BCUT2D eigenvalue weighted by atomic mass is 19.1. The lowest BCUT2D eigenvalue weighted by Crippen LogP contribution is -2.49. The number of benzene rings is 2. The van der Waals surface area contributed by atoms with Crippen LogP contribution in [0, 0.1) is 5.82 Å². The molecule has 1 aliphatic rings. The first-order chi connectivity index (χ1) is 14.6. The molecule has 0 amide bonds. The van der Waals surface area contributed by atoms with Gasteiger partial charge in [-0.1, -0.05) is 12.1 Å². The van der Waals surface area contributed by atoms with Crippen molar-refractivity contribution < 1.29 is 14.2 Å². The number of H-pyrrole nitrogens is 1. The summed E-state index contributed by atoms with van der Waals surface area (Å²) in [5, 5.41) is 10.8. The first-order valence-electron chi connectivity index (χ1n) is 10.1. The summed E-state index contributed by atoms with van der Waals surface area (Å²) in [7, 11) is 0. The van der Waals surface area contributed by atoms with Crippen LogP contribution < -0.4 is 10.3 Å². The van der Waals surface area contributed by atoms with Crippen LogP contribution in [0.4, 0.5) is 4.39 Å². The summed E-state index contributed by atoms with van der Waals surface area (Å²) in [6, 6.07) is 13.1. The molecule has 3 aromatic rings. The van der Waals surface area contributed by atoms with Gasteiger partial charge in [-0.2, -0.15) is 0 Å². The third-order valence-electron chi connectivity index (χ3n) is 5.23. The Kier molecular flexibility index (Phi) is 6.37. The Hall–Kier alpha value is -2.81. The van der Waals surface area contributed by atoms with E-state index in [-0.39, 0.29) is 18.0 Å². The number of aliphatic hydroxyl groups is 1. The van der Waals surface area contributed by atoms with E-state index in [9.17, 15) is 14.3 Å². The normalized spacial score (nSPS) is 16.6. The molecule has 2 aromatic carbocycles. The SMILES string of the molecule is O=c1[nH]c(CN2CCN(CC(O)COc3ccc(F)cc3)CC2)nc2ccccc12. The maximum atomic E-state index is 12.9. The molecule has 1 atom stereocenters. The van der Waals surface area contributed by atoms with Crippen molar-refractivity contribution in [2.75, 3.05) is 39.3 Å². The number of piperazine rings is 1. The summed E-state index contributed by atoms with van der Waals surface area (Å²) in [6.07, 6.45) is -0.625. The first-order valence-corrected chi connectivity index (χ1v) is 10.1. The highest BCUT2D eigenvalue weighted by Gasteiger charge is 2.20. The zero-order valence-electron chi connectivity index (χ0n) is 16.6. The smallest absolute Gasteiger partial charge is 0.258 e. The minimum Gasteiger partial charge on any atom is -0.491 e. The van der Waals surface area contributed by atoms with Crippen LogP contribution in [0.3, 0.4) is 0 Å². The van der Waals surface area contributed by atoms with Crippen molar-refractivity contribution >= 4 is 10.9 Å². The lowest BCUT2D eigenvalue weighted by Gasteiger charge is -2.35. The molecule has 7 nitrogen and oxygen atoms in total. The second kappa shape index (κ2) is 9.34. The molecule has 1 aromatic heterocycles. The minimum absolute atomic E-state index is 0.112. The van der Waals surface area contributed by atoms with Gasteiger partial charge in [0.1, 0.15) is 30.1 Å². The number of halogens is 1. The van der Waals surface area contributed by atoms with Crippen molar-refractivity contribution in [1.29, 1.82) is 0 Å². The molecule has 4 rings (SSSR count). The van der Waals surface area contributed by atoms with Crippen molar-refractivity contribution in [1.82, 2.24) is 19.8 Å². The molecule has 1 saturated heterocycles. The van der Waals surface area contributed by atoms with Crippen LogP contribution in [0.5, 0.6) is 5.75 Å². The summed E-state index contributed by atoms with van der Waals surface area (Å²) >= 11 is 0. The maximum Gasteiger partial charge on any atom is 0.258 e. The number of rotatable bonds is 7. The number of nitrogens with zero attached hydrogens (tertiary/aromatic N) is 3. The van der Waals surface area contributed by atoms with Gasteiger partial charge in [0.15, 0.2) is 0 Å². The lowest BCUT2D eigenvalue weighted by molar-refractivity contribution is 0.0441. The van der Waals surface area contributed by atoms with E-state index in [4.69, 9.17) is 4.74 Å². The molecule has 0 bridgehead atoms. The molecular weight excluding hydrogens is 387 g/mol. The van der Waals surface area contributed by atoms with Crippen LogP contribution in [0.2, 0.25) is 0 Å². The predicted molar refractivity (Wildman–Crippen MR) is 112 cm³/mol. The standard InChI is InChI=1S/C22H25FN4O3/c23-16-5-7-18(8-6-16)30-15-17(28)13-26-9-11-27(12-10-26)14-21-24-20-4-2-1-3-19(20)22(29)25-21/h1-8,17,28H,9-15H2,(H,24,25,29). The molecule has 2 N–H and O–H groups in total. The van der Waals surface area contributed by atoms with Gasteiger partial charge in [0.05, 0.1) is 17.4 Å². The molecular formula is C22H25FN4O3. The molecule has 2 heterocycles. The van der Waals surface area contributed by atoms with Crippen LogP contribution >= 0.6 is 0 Å². The number of hydrogen-bond donors (Lipinski definition) is 2. The quantitative estimate of drug-likeness (QED) is 0.614. The Morgan fingerprint density at radius 1 is 1.07 bits per heavy atom. The van der Waals surface area contributed by atoms with Gasteiger partial charge in [-0.05, 0) is 36.4 Å². The van der Waals surface area contributed by atoms with E-state index < -0.39 is 6.10 Å². The third kappa shape index (κ3) is 5.21. The molecule has 0 aliphatic carbocycles. The van der Waals surface area contributed by atoms with E-state index in [1.54, 1.807) is 18.2 Å². The molecule has 158 valence electrons. The summed E-state index contributed by atoms with van der Waals surface area (Å²) in [6.45, 7) is 4.53. The van der Waals surface area contributed by atoms with Crippen molar-refractivity contribution in [3.8, 4) is 5.75 Å². The third-order valence-corrected chi connectivity index (χ3v) is 5.23. The Morgan fingerprint density at radius 2 is 1.77 bits per heavy atom. The zero-order valence-corrected chi connectivity index (χ0v) is 16.6. The number of nitrogens with one attached hydrogen (secondary N) is 1. The molecule has 30 heavy (non-hydrogen) atoms. The Bertz CT molecular complexity index is 1030. The average molecular weight is 412 g/mol. The number of fused-ring (bicyclic) bond motifs is 1. The van der Waals surface area contributed by atoms with Gasteiger partial charge < -0.3 is 14.8 Å². The van der Waals surface area contributed by atoms with E-state index in [0.717, 1.165) is 26.2 Å². The monoisotopic (exact) mass is 412 g/mol. The molecule has 0 saturated carbocycles. The summed E-state index contributed by atoms with van der Waals surface area (Å²) in [4.78, 5) is 24.1. The second-order valence-corrected chi connectivity index (χ2v) is 7.53. The fourth-order valence-electron chi connectivity index (χ4n) is 3.63. The largest absolute Gasteiger partial charge is 0.491 e. The average Bonchev–Trinajstić information content (AvgIpc) is 2.75. The van der Waals surface area contributed by atoms with Gasteiger partial charge in [0.2, 0.25) is 0 Å². The van der Waals surface area contributed by atoms with Crippen molar-refractivity contribution in [2.45, 2.75) is 12.6 Å². The van der Waals surface area contributed by atoms with Crippen LogP contribution in [0.25, 0.3) is 10.9 Å². The molecule has 1 aliphatic heterocycles. The van der Waals surface area contributed by atoms with E-state index >= 15 is 0 Å². The van der Waals surface area contributed by atoms with E-state index in [0.29, 0.717) is 35.6 Å².